The molecular formula is C23H27N7O. The van der Waals surface area contributed by atoms with Gasteiger partial charge in [0.15, 0.2) is 6.29 Å². The second-order valence-corrected chi connectivity index (χ2v) is 8.05. The zero-order valence-corrected chi connectivity index (χ0v) is 17.8. The van der Waals surface area contributed by atoms with Crippen LogP contribution in [-0.4, -0.2) is 63.5 Å². The zero-order chi connectivity index (χ0) is 21.2. The maximum atomic E-state index is 11.6. The number of hydrogen-bond acceptors (Lipinski definition) is 7. The van der Waals surface area contributed by atoms with Crippen molar-refractivity contribution < 1.29 is 4.79 Å². The van der Waals surface area contributed by atoms with Crippen molar-refractivity contribution in [2.75, 3.05) is 42.9 Å². The van der Waals surface area contributed by atoms with E-state index in [9.17, 15) is 4.79 Å². The average molecular weight is 418 g/mol. The van der Waals surface area contributed by atoms with Crippen molar-refractivity contribution in [3.8, 4) is 0 Å². The Morgan fingerprint density at radius 3 is 2.68 bits per heavy atom. The van der Waals surface area contributed by atoms with Gasteiger partial charge in [-0.2, -0.15) is 0 Å². The number of nitrogens with zero attached hydrogens (tertiary/aromatic N) is 6. The Morgan fingerprint density at radius 1 is 1.13 bits per heavy atom. The number of nitrogens with one attached hydrogen (secondary N) is 1. The van der Waals surface area contributed by atoms with Crippen LogP contribution in [0.1, 0.15) is 42.2 Å². The van der Waals surface area contributed by atoms with Crippen LogP contribution in [-0.2, 0) is 0 Å². The lowest BCUT2D eigenvalue weighted by molar-refractivity contribution is 0.112. The lowest BCUT2D eigenvalue weighted by atomic mass is 10.1. The minimum Gasteiger partial charge on any atom is -0.368 e. The average Bonchev–Trinajstić information content (AvgIpc) is 3.47. The number of anilines is 3. The summed E-state index contributed by atoms with van der Waals surface area (Å²) in [4.78, 5) is 25.4. The maximum Gasteiger partial charge on any atom is 0.246 e. The molecule has 0 atom stereocenters. The number of pyridine rings is 1. The fourth-order valence-corrected chi connectivity index (χ4v) is 4.43. The van der Waals surface area contributed by atoms with Gasteiger partial charge in [0, 0.05) is 31.7 Å². The number of rotatable bonds is 6. The van der Waals surface area contributed by atoms with E-state index in [2.05, 4.69) is 49.2 Å². The van der Waals surface area contributed by atoms with E-state index in [1.54, 1.807) is 6.20 Å². The minimum absolute atomic E-state index is 0.456. The van der Waals surface area contributed by atoms with Gasteiger partial charge in [0.05, 0.1) is 29.3 Å². The van der Waals surface area contributed by atoms with Crippen molar-refractivity contribution in [1.29, 1.82) is 0 Å². The molecule has 3 aromatic heterocycles. The third-order valence-corrected chi connectivity index (χ3v) is 6.19. The largest absolute Gasteiger partial charge is 0.368 e. The Bertz CT molecular complexity index is 1110. The van der Waals surface area contributed by atoms with Gasteiger partial charge < -0.3 is 15.1 Å². The van der Waals surface area contributed by atoms with Gasteiger partial charge in [-0.3, -0.25) is 4.79 Å². The molecule has 1 aliphatic carbocycles. The van der Waals surface area contributed by atoms with Crippen LogP contribution in [0.4, 0.5) is 17.5 Å². The smallest absolute Gasteiger partial charge is 0.246 e. The topological polar surface area (TPSA) is 78.7 Å². The molecule has 0 aromatic carbocycles. The first-order chi connectivity index (χ1) is 15.2. The third-order valence-electron chi connectivity index (χ3n) is 6.19. The van der Waals surface area contributed by atoms with Crippen molar-refractivity contribution >= 4 is 34.8 Å². The minimum atomic E-state index is 0.456. The van der Waals surface area contributed by atoms with Gasteiger partial charge in [0.2, 0.25) is 5.95 Å². The number of hydrogen-bond donors (Lipinski definition) is 1. The molecule has 0 amide bonds. The van der Waals surface area contributed by atoms with Crippen LogP contribution in [0.25, 0.3) is 11.1 Å². The van der Waals surface area contributed by atoms with Gasteiger partial charge in [-0.25, -0.2) is 14.5 Å². The van der Waals surface area contributed by atoms with Crippen molar-refractivity contribution in [3.63, 3.8) is 0 Å². The number of carbonyl (C=O) groups excluding carboxylic acids is 1. The Hall–Kier alpha value is -3.26. The van der Waals surface area contributed by atoms with Gasteiger partial charge in [-0.05, 0) is 49.6 Å². The van der Waals surface area contributed by atoms with E-state index in [1.807, 2.05) is 22.8 Å². The standard InChI is InChI=1S/C23H27N7O/c1-2-28-9-11-29(12-10-28)19-7-8-21(24-14-19)26-23-25-15-20-13-18(16-31)22(30(20)27-23)17-5-3-4-6-17/h5,7-8,13-16H,2-4,6,9-12H2,1H3,(H,24,26,27). The molecule has 0 saturated carbocycles. The molecule has 0 radical (unpaired) electrons. The SMILES string of the molecule is CCN1CCN(c2ccc(Nc3ncc4cc(C=O)c(C5=CCCC5)n4n3)nc2)CC1. The molecule has 3 aromatic rings. The first-order valence-corrected chi connectivity index (χ1v) is 11.0. The normalized spacial score (nSPS) is 17.2. The first kappa shape index (κ1) is 19.7. The fourth-order valence-electron chi connectivity index (χ4n) is 4.43. The van der Waals surface area contributed by atoms with Crippen molar-refractivity contribution in [3.05, 3.63) is 47.9 Å². The highest BCUT2D eigenvalue weighted by atomic mass is 16.1. The summed E-state index contributed by atoms with van der Waals surface area (Å²) in [5, 5.41) is 7.85. The molecular weight excluding hydrogens is 390 g/mol. The molecule has 31 heavy (non-hydrogen) atoms. The molecule has 2 aliphatic rings. The predicted octanol–water partition coefficient (Wildman–Crippen LogP) is 3.39. The number of aromatic nitrogens is 4. The summed E-state index contributed by atoms with van der Waals surface area (Å²) in [6, 6.07) is 5.89. The molecule has 1 saturated heterocycles. The summed E-state index contributed by atoms with van der Waals surface area (Å²) in [6.07, 6.45) is 9.86. The van der Waals surface area contributed by atoms with Gasteiger partial charge >= 0.3 is 0 Å². The molecule has 8 nitrogen and oxygen atoms in total. The number of aldehydes is 1. The van der Waals surface area contributed by atoms with E-state index < -0.39 is 0 Å². The van der Waals surface area contributed by atoms with Crippen LogP contribution in [0.3, 0.4) is 0 Å². The second-order valence-electron chi connectivity index (χ2n) is 8.05. The van der Waals surface area contributed by atoms with Crippen LogP contribution in [0.15, 0.2) is 36.7 Å². The zero-order valence-electron chi connectivity index (χ0n) is 17.8. The Balaban J connectivity index is 1.36. The molecule has 8 heteroatoms. The van der Waals surface area contributed by atoms with Crippen LogP contribution in [0.5, 0.6) is 0 Å². The summed E-state index contributed by atoms with van der Waals surface area (Å²) in [5.41, 5.74) is 4.66. The molecule has 160 valence electrons. The van der Waals surface area contributed by atoms with E-state index in [0.717, 1.165) is 75.2 Å². The first-order valence-electron chi connectivity index (χ1n) is 11.0. The van der Waals surface area contributed by atoms with E-state index in [1.165, 1.54) is 5.57 Å². The second kappa shape index (κ2) is 8.47. The highest BCUT2D eigenvalue weighted by Crippen LogP contribution is 2.31. The van der Waals surface area contributed by atoms with Gasteiger partial charge in [0.25, 0.3) is 0 Å². The van der Waals surface area contributed by atoms with Crippen LogP contribution >= 0.6 is 0 Å². The van der Waals surface area contributed by atoms with Crippen molar-refractivity contribution in [2.45, 2.75) is 26.2 Å². The van der Waals surface area contributed by atoms with E-state index in [4.69, 9.17) is 0 Å². The van der Waals surface area contributed by atoms with Crippen LogP contribution in [0.2, 0.25) is 0 Å². The Kier molecular flexibility index (Phi) is 5.38. The molecule has 0 spiro atoms. The number of piperazine rings is 1. The molecule has 0 bridgehead atoms. The van der Waals surface area contributed by atoms with E-state index in [0.29, 0.717) is 17.3 Å². The lowest BCUT2D eigenvalue weighted by Gasteiger charge is -2.35. The van der Waals surface area contributed by atoms with E-state index >= 15 is 0 Å². The third kappa shape index (κ3) is 3.90. The summed E-state index contributed by atoms with van der Waals surface area (Å²) in [7, 11) is 0. The van der Waals surface area contributed by atoms with Crippen LogP contribution in [0, 0.1) is 0 Å². The number of carbonyl (C=O) groups is 1. The summed E-state index contributed by atoms with van der Waals surface area (Å²) in [6.45, 7) is 7.53. The molecule has 0 unspecified atom stereocenters. The van der Waals surface area contributed by atoms with Crippen molar-refractivity contribution in [1.82, 2.24) is 24.5 Å². The highest BCUT2D eigenvalue weighted by Gasteiger charge is 2.19. The van der Waals surface area contributed by atoms with Gasteiger partial charge in [-0.1, -0.05) is 13.0 Å². The lowest BCUT2D eigenvalue weighted by Crippen LogP contribution is -2.46. The number of fused-ring (bicyclic) bond motifs is 1. The molecule has 4 heterocycles. The van der Waals surface area contributed by atoms with E-state index in [-0.39, 0.29) is 0 Å². The summed E-state index contributed by atoms with van der Waals surface area (Å²) >= 11 is 0. The Morgan fingerprint density at radius 2 is 2.00 bits per heavy atom. The molecule has 1 fully saturated rings. The van der Waals surface area contributed by atoms with Gasteiger partial charge in [0.1, 0.15) is 5.82 Å². The predicted molar refractivity (Wildman–Crippen MR) is 122 cm³/mol. The summed E-state index contributed by atoms with van der Waals surface area (Å²) < 4.78 is 1.82. The van der Waals surface area contributed by atoms with Gasteiger partial charge in [-0.15, -0.1) is 5.10 Å². The molecule has 1 aliphatic heterocycles. The fraction of sp³-hybridized carbons (Fsp3) is 0.391. The number of allylic oxidation sites excluding steroid dienone is 2. The maximum absolute atomic E-state index is 11.6. The Labute approximate surface area is 181 Å². The quantitative estimate of drug-likeness (QED) is 0.616. The van der Waals surface area contributed by atoms with Crippen molar-refractivity contribution in [2.24, 2.45) is 0 Å². The number of likely N-dealkylation sites (N-methyl/N-ethyl adjacent to an activating group) is 1. The van der Waals surface area contributed by atoms with Crippen LogP contribution < -0.4 is 10.2 Å². The monoisotopic (exact) mass is 417 g/mol. The molecule has 5 rings (SSSR count). The highest BCUT2D eigenvalue weighted by molar-refractivity contribution is 5.88. The molecule has 1 N–H and O–H groups in total. The summed E-state index contributed by atoms with van der Waals surface area (Å²) in [5.74, 6) is 1.15.